The van der Waals surface area contributed by atoms with Crippen LogP contribution in [0.1, 0.15) is 56.3 Å². The zero-order chi connectivity index (χ0) is 24.3. The van der Waals surface area contributed by atoms with Gasteiger partial charge >= 0.3 is 5.69 Å². The van der Waals surface area contributed by atoms with E-state index in [1.54, 1.807) is 0 Å². The van der Waals surface area contributed by atoms with E-state index in [2.05, 4.69) is 4.98 Å². The van der Waals surface area contributed by atoms with Gasteiger partial charge in [-0.05, 0) is 44.4 Å². The van der Waals surface area contributed by atoms with Gasteiger partial charge in [0.25, 0.3) is 11.5 Å². The molecule has 33 heavy (non-hydrogen) atoms. The summed E-state index contributed by atoms with van der Waals surface area (Å²) in [5, 5.41) is 0. The molecule has 1 aliphatic rings. The largest absolute Gasteiger partial charge is 0.383 e. The Bertz CT molecular complexity index is 1250. The number of sulfonamides is 1. The number of benzene rings is 1. The molecule has 1 saturated heterocycles. The first-order valence-corrected chi connectivity index (χ1v) is 12.6. The Morgan fingerprint density at radius 2 is 2.00 bits per heavy atom. The molecule has 0 radical (unpaired) electrons. The number of nitrogens with two attached hydrogens (primary N) is 1. The number of unbranched alkanes of at least 4 members (excludes halogenated alkanes) is 1. The van der Waals surface area contributed by atoms with E-state index in [0.717, 1.165) is 30.6 Å². The summed E-state index contributed by atoms with van der Waals surface area (Å²) in [5.74, 6) is -0.726. The Morgan fingerprint density at radius 3 is 2.67 bits per heavy atom. The molecule has 2 aromatic rings. The number of amides is 1. The number of aromatic amines is 1. The molecule has 1 aromatic carbocycles. The molecule has 2 heterocycles. The van der Waals surface area contributed by atoms with Crippen LogP contribution >= 0.6 is 0 Å². The molecule has 0 bridgehead atoms. The van der Waals surface area contributed by atoms with E-state index in [4.69, 9.17) is 5.73 Å². The minimum absolute atomic E-state index is 0.0188. The summed E-state index contributed by atoms with van der Waals surface area (Å²) in [6.45, 7) is 4.57. The van der Waals surface area contributed by atoms with Crippen LogP contribution in [0, 0.1) is 0 Å². The lowest BCUT2D eigenvalue weighted by molar-refractivity contribution is 0.0992. The van der Waals surface area contributed by atoms with Crippen LogP contribution in [-0.2, 0) is 16.6 Å². The Labute approximate surface area is 193 Å². The van der Waals surface area contributed by atoms with Gasteiger partial charge in [0.1, 0.15) is 5.82 Å². The highest BCUT2D eigenvalue weighted by Gasteiger charge is 2.31. The summed E-state index contributed by atoms with van der Waals surface area (Å²) < 4.78 is 29.1. The summed E-state index contributed by atoms with van der Waals surface area (Å²) in [6, 6.07) is 5.63. The van der Waals surface area contributed by atoms with E-state index >= 15 is 0 Å². The maximum absolute atomic E-state index is 13.2. The summed E-state index contributed by atoms with van der Waals surface area (Å²) in [4.78, 5) is 41.1. The number of aromatic nitrogens is 2. The van der Waals surface area contributed by atoms with Crippen molar-refractivity contribution in [3.05, 3.63) is 50.7 Å². The molecule has 11 heteroatoms. The normalized spacial score (nSPS) is 17.1. The zero-order valence-corrected chi connectivity index (χ0v) is 20.0. The highest BCUT2D eigenvalue weighted by Crippen LogP contribution is 2.26. The molecule has 0 spiro atoms. The third-order valence-electron chi connectivity index (χ3n) is 6.02. The first kappa shape index (κ1) is 24.7. The molecule has 0 aliphatic carbocycles. The fraction of sp³-hybridized carbons (Fsp3) is 0.500. The molecule has 1 fully saturated rings. The van der Waals surface area contributed by atoms with Crippen LogP contribution < -0.4 is 21.9 Å². The van der Waals surface area contributed by atoms with Gasteiger partial charge in [-0.2, -0.15) is 4.31 Å². The smallest absolute Gasteiger partial charge is 0.330 e. The van der Waals surface area contributed by atoms with Gasteiger partial charge in [-0.1, -0.05) is 25.8 Å². The minimum atomic E-state index is -3.77. The fourth-order valence-electron chi connectivity index (χ4n) is 4.09. The van der Waals surface area contributed by atoms with E-state index in [1.165, 1.54) is 40.2 Å². The van der Waals surface area contributed by atoms with Gasteiger partial charge in [0.2, 0.25) is 10.0 Å². The van der Waals surface area contributed by atoms with Crippen molar-refractivity contribution < 1.29 is 13.2 Å². The van der Waals surface area contributed by atoms with E-state index in [0.29, 0.717) is 19.5 Å². The van der Waals surface area contributed by atoms with Crippen molar-refractivity contribution in [2.45, 2.75) is 63.4 Å². The van der Waals surface area contributed by atoms with Crippen LogP contribution in [0.25, 0.3) is 0 Å². The molecular formula is C22H31N5O5S. The number of carbonyl (C=O) groups excluding carboxylic acids is 1. The van der Waals surface area contributed by atoms with Gasteiger partial charge in [0.05, 0.1) is 4.90 Å². The number of hydrogen-bond donors (Lipinski definition) is 2. The van der Waals surface area contributed by atoms with Crippen LogP contribution in [0.15, 0.2) is 38.8 Å². The lowest BCUT2D eigenvalue weighted by Crippen LogP contribution is -2.42. The highest BCUT2D eigenvalue weighted by molar-refractivity contribution is 7.89. The van der Waals surface area contributed by atoms with E-state index < -0.39 is 27.2 Å². The average Bonchev–Trinajstić information content (AvgIpc) is 2.78. The Kier molecular flexibility index (Phi) is 7.43. The zero-order valence-electron chi connectivity index (χ0n) is 19.2. The van der Waals surface area contributed by atoms with E-state index in [-0.39, 0.29) is 28.0 Å². The number of carbonyl (C=O) groups is 1. The summed E-state index contributed by atoms with van der Waals surface area (Å²) in [5.41, 5.74) is 4.61. The van der Waals surface area contributed by atoms with Crippen molar-refractivity contribution in [3.63, 3.8) is 0 Å². The predicted octanol–water partition coefficient (Wildman–Crippen LogP) is 1.76. The Hall–Kier alpha value is -2.92. The lowest BCUT2D eigenvalue weighted by atomic mass is 10.1. The first-order chi connectivity index (χ1) is 15.6. The van der Waals surface area contributed by atoms with Gasteiger partial charge < -0.3 is 10.6 Å². The molecule has 3 N–H and O–H groups in total. The molecule has 1 amide bonds. The molecule has 1 atom stereocenters. The molecule has 10 nitrogen and oxygen atoms in total. The van der Waals surface area contributed by atoms with Gasteiger partial charge in [0, 0.05) is 31.7 Å². The molecule has 0 saturated carbocycles. The Balaban J connectivity index is 1.97. The number of H-pyrrole nitrogens is 1. The average molecular weight is 478 g/mol. The fourth-order valence-corrected chi connectivity index (χ4v) is 5.83. The molecule has 0 unspecified atom stereocenters. The number of nitrogens with one attached hydrogen (secondary N) is 1. The molecule has 180 valence electrons. The van der Waals surface area contributed by atoms with Crippen molar-refractivity contribution in [1.29, 1.82) is 0 Å². The van der Waals surface area contributed by atoms with Crippen LogP contribution in [0.4, 0.5) is 11.5 Å². The third kappa shape index (κ3) is 4.88. The quantitative estimate of drug-likeness (QED) is 0.623. The molecule has 1 aliphatic heterocycles. The van der Waals surface area contributed by atoms with E-state index in [1.807, 2.05) is 13.8 Å². The summed E-state index contributed by atoms with van der Waals surface area (Å²) in [7, 11) is -2.41. The summed E-state index contributed by atoms with van der Waals surface area (Å²) in [6.07, 6.45) is 4.04. The van der Waals surface area contributed by atoms with Gasteiger partial charge in [-0.15, -0.1) is 0 Å². The monoisotopic (exact) mass is 477 g/mol. The van der Waals surface area contributed by atoms with Crippen LogP contribution in [0.5, 0.6) is 0 Å². The van der Waals surface area contributed by atoms with Gasteiger partial charge in [-0.3, -0.25) is 19.1 Å². The number of rotatable bonds is 7. The second-order valence-electron chi connectivity index (χ2n) is 8.35. The topological polar surface area (TPSA) is 139 Å². The van der Waals surface area contributed by atoms with Crippen molar-refractivity contribution >= 4 is 27.4 Å². The molecular weight excluding hydrogens is 446 g/mol. The van der Waals surface area contributed by atoms with Crippen LogP contribution in [0.3, 0.4) is 0 Å². The van der Waals surface area contributed by atoms with Gasteiger partial charge in [0.15, 0.2) is 5.69 Å². The Morgan fingerprint density at radius 1 is 1.27 bits per heavy atom. The minimum Gasteiger partial charge on any atom is -0.383 e. The first-order valence-electron chi connectivity index (χ1n) is 11.1. The number of hydrogen-bond acceptors (Lipinski definition) is 6. The van der Waals surface area contributed by atoms with E-state index in [9.17, 15) is 22.8 Å². The van der Waals surface area contributed by atoms with Gasteiger partial charge in [-0.25, -0.2) is 13.2 Å². The standard InChI is InChI=1S/C22H31N5O5S/c1-4-5-12-26-19(23)18(20(28)24-22(26)30)25(3)21(29)16-10-8-11-17(14-16)33(31,32)27-13-7-6-9-15(27)2/h8,10-11,14-15H,4-7,9,12-13,23H2,1-3H3,(H,24,28,30)/t15-/m1/s1. The van der Waals surface area contributed by atoms with Crippen LogP contribution in [0.2, 0.25) is 0 Å². The SMILES string of the molecule is CCCCn1c(N)c(N(C)C(=O)c2cccc(S(=O)(=O)N3CCCC[C@H]3C)c2)c(=O)[nH]c1=O. The van der Waals surface area contributed by atoms with Crippen molar-refractivity contribution in [2.75, 3.05) is 24.2 Å². The summed E-state index contributed by atoms with van der Waals surface area (Å²) >= 11 is 0. The number of nitrogen functional groups attached to an aromatic ring is 1. The second kappa shape index (κ2) is 9.92. The van der Waals surface area contributed by atoms with Crippen molar-refractivity contribution in [1.82, 2.24) is 13.9 Å². The second-order valence-corrected chi connectivity index (χ2v) is 10.2. The number of anilines is 2. The molecule has 3 rings (SSSR count). The maximum Gasteiger partial charge on any atom is 0.330 e. The number of piperidine rings is 1. The highest BCUT2D eigenvalue weighted by atomic mass is 32.2. The van der Waals surface area contributed by atoms with Crippen LogP contribution in [-0.4, -0.2) is 47.8 Å². The number of nitrogens with zero attached hydrogens (tertiary/aromatic N) is 3. The lowest BCUT2D eigenvalue weighted by Gasteiger charge is -2.32. The predicted molar refractivity (Wildman–Crippen MR) is 127 cm³/mol. The molecule has 1 aromatic heterocycles. The third-order valence-corrected chi connectivity index (χ3v) is 8.03. The van der Waals surface area contributed by atoms with Crippen molar-refractivity contribution in [3.8, 4) is 0 Å². The van der Waals surface area contributed by atoms with Crippen molar-refractivity contribution in [2.24, 2.45) is 0 Å². The maximum atomic E-state index is 13.2.